The summed E-state index contributed by atoms with van der Waals surface area (Å²) in [6.07, 6.45) is 1.35. The van der Waals surface area contributed by atoms with Gasteiger partial charge in [0, 0.05) is 10.9 Å². The Labute approximate surface area is 191 Å². The zero-order valence-electron chi connectivity index (χ0n) is 16.3. The van der Waals surface area contributed by atoms with Crippen LogP contribution in [0, 0.1) is 0 Å². The standard InChI is InChI=1S/C22H18N4O2S3/c27-19-11-4-2-7-16(19)12-23-24-20(28)14-30-22-26-25-21(31-22)29-13-17-9-5-8-15-6-1-3-10-18(15)17/h1-12,27H,13-14H2,(H,24,28). The lowest BCUT2D eigenvalue weighted by Gasteiger charge is -2.07. The van der Waals surface area contributed by atoms with E-state index < -0.39 is 0 Å². The van der Waals surface area contributed by atoms with Crippen LogP contribution < -0.4 is 15.6 Å². The number of amides is 1. The molecule has 0 aliphatic rings. The predicted octanol–water partition coefficient (Wildman–Crippen LogP) is 3.72. The number of carbonyl (C=O) groups is 1. The number of nitrogens with one attached hydrogen (secondary N) is 2. The van der Waals surface area contributed by atoms with E-state index in [1.165, 1.54) is 51.7 Å². The molecule has 6 nitrogen and oxygen atoms in total. The van der Waals surface area contributed by atoms with E-state index in [2.05, 4.69) is 57.1 Å². The van der Waals surface area contributed by atoms with Crippen molar-refractivity contribution in [2.75, 3.05) is 5.75 Å². The van der Waals surface area contributed by atoms with Gasteiger partial charge in [-0.15, -0.1) is 0 Å². The minimum atomic E-state index is -0.259. The average molecular weight is 467 g/mol. The quantitative estimate of drug-likeness (QED) is 0.243. The van der Waals surface area contributed by atoms with Crippen molar-refractivity contribution in [3.8, 4) is 5.75 Å². The fourth-order valence-electron chi connectivity index (χ4n) is 2.82. The summed E-state index contributed by atoms with van der Waals surface area (Å²) in [5.74, 6) is 0.623. The maximum atomic E-state index is 12.0. The molecule has 156 valence electrons. The Kier molecular flexibility index (Phi) is 7.18. The van der Waals surface area contributed by atoms with Crippen molar-refractivity contribution in [1.29, 1.82) is 0 Å². The molecule has 1 aromatic heterocycles. The first-order valence-electron chi connectivity index (χ1n) is 9.38. The summed E-state index contributed by atoms with van der Waals surface area (Å²) in [7, 11) is 0. The first-order chi connectivity index (χ1) is 15.2. The Balaban J connectivity index is 1.26. The molecule has 4 aromatic rings. The minimum Gasteiger partial charge on any atom is -0.872 e. The summed E-state index contributed by atoms with van der Waals surface area (Å²) < 4.78 is 1.77. The molecule has 2 N–H and O–H groups in total. The normalized spacial score (nSPS) is 11.2. The molecule has 1 heterocycles. The topological polar surface area (TPSA) is 91.6 Å². The molecule has 0 unspecified atom stereocenters. The van der Waals surface area contributed by atoms with Crippen LogP contribution in [0.5, 0.6) is 5.75 Å². The monoisotopic (exact) mass is 466 g/mol. The van der Waals surface area contributed by atoms with Crippen LogP contribution in [0.4, 0.5) is 0 Å². The van der Waals surface area contributed by atoms with E-state index in [9.17, 15) is 9.90 Å². The third kappa shape index (κ3) is 5.84. The van der Waals surface area contributed by atoms with Gasteiger partial charge in [0.15, 0.2) is 0 Å². The molecule has 3 aromatic carbocycles. The SMILES string of the molecule is O=C(CSc1n[nH+]c(SCc2cccc3ccccc23)s1)NN=Cc1ccccc1[O-]. The molecule has 0 saturated heterocycles. The second kappa shape index (κ2) is 10.4. The molecule has 0 aliphatic heterocycles. The maximum Gasteiger partial charge on any atom is 0.323 e. The molecular formula is C22H18N4O2S3. The van der Waals surface area contributed by atoms with Gasteiger partial charge in [-0.2, -0.15) is 5.10 Å². The fraction of sp³-hybridized carbons (Fsp3) is 0.0909. The number of rotatable bonds is 8. The summed E-state index contributed by atoms with van der Waals surface area (Å²) in [6.45, 7) is 0. The fourth-order valence-corrected chi connectivity index (χ4v) is 5.71. The van der Waals surface area contributed by atoms with Crippen molar-refractivity contribution in [2.45, 2.75) is 14.4 Å². The summed E-state index contributed by atoms with van der Waals surface area (Å²) in [6, 6.07) is 21.2. The Morgan fingerprint density at radius 1 is 1.10 bits per heavy atom. The second-order valence-electron chi connectivity index (χ2n) is 6.43. The molecule has 31 heavy (non-hydrogen) atoms. The van der Waals surface area contributed by atoms with Gasteiger partial charge in [-0.1, -0.05) is 89.3 Å². The van der Waals surface area contributed by atoms with Crippen LogP contribution in [0.1, 0.15) is 11.1 Å². The zero-order valence-corrected chi connectivity index (χ0v) is 18.7. The Bertz CT molecular complexity index is 1220. The van der Waals surface area contributed by atoms with Crippen LogP contribution in [0.2, 0.25) is 0 Å². The average Bonchev–Trinajstić information content (AvgIpc) is 3.25. The minimum absolute atomic E-state index is 0.137. The number of carbonyl (C=O) groups excluding carboxylic acids is 1. The second-order valence-corrected chi connectivity index (χ2v) is 9.89. The molecule has 0 atom stereocenters. The lowest BCUT2D eigenvalue weighted by Crippen LogP contribution is -2.19. The van der Waals surface area contributed by atoms with Gasteiger partial charge in [-0.25, -0.2) is 5.43 Å². The summed E-state index contributed by atoms with van der Waals surface area (Å²) in [5, 5.41) is 25.2. The van der Waals surface area contributed by atoms with Gasteiger partial charge in [0.05, 0.1) is 12.0 Å². The highest BCUT2D eigenvalue weighted by Crippen LogP contribution is 2.30. The molecule has 9 heteroatoms. The van der Waals surface area contributed by atoms with Gasteiger partial charge in [0.1, 0.15) is 0 Å². The molecule has 0 aliphatic carbocycles. The van der Waals surface area contributed by atoms with E-state index in [0.29, 0.717) is 5.56 Å². The van der Waals surface area contributed by atoms with E-state index in [4.69, 9.17) is 0 Å². The Hall–Kier alpha value is -2.88. The molecule has 0 radical (unpaired) electrons. The molecule has 4 rings (SSSR count). The van der Waals surface area contributed by atoms with Crippen molar-refractivity contribution < 1.29 is 15.0 Å². The van der Waals surface area contributed by atoms with Crippen molar-refractivity contribution in [1.82, 2.24) is 10.5 Å². The number of para-hydroxylation sites is 1. The van der Waals surface area contributed by atoms with Crippen LogP contribution in [-0.2, 0) is 10.5 Å². The summed E-state index contributed by atoms with van der Waals surface area (Å²) >= 11 is 4.55. The van der Waals surface area contributed by atoms with Crippen molar-refractivity contribution >= 4 is 57.8 Å². The first-order valence-corrected chi connectivity index (χ1v) is 12.2. The van der Waals surface area contributed by atoms with E-state index in [1.54, 1.807) is 30.0 Å². The van der Waals surface area contributed by atoms with Gasteiger partial charge in [-0.05, 0) is 45.0 Å². The van der Waals surface area contributed by atoms with Crippen molar-refractivity contribution in [2.24, 2.45) is 5.10 Å². The summed E-state index contributed by atoms with van der Waals surface area (Å²) in [5.41, 5.74) is 4.13. The third-order valence-electron chi connectivity index (χ3n) is 4.30. The van der Waals surface area contributed by atoms with Crippen LogP contribution >= 0.6 is 34.9 Å². The zero-order chi connectivity index (χ0) is 21.5. The van der Waals surface area contributed by atoms with Crippen LogP contribution in [-0.4, -0.2) is 23.0 Å². The third-order valence-corrected chi connectivity index (χ3v) is 7.60. The molecular weight excluding hydrogens is 448 g/mol. The van der Waals surface area contributed by atoms with Gasteiger partial charge in [0.2, 0.25) is 4.34 Å². The van der Waals surface area contributed by atoms with Crippen molar-refractivity contribution in [3.05, 3.63) is 77.9 Å². The highest BCUT2D eigenvalue weighted by Gasteiger charge is 2.14. The van der Waals surface area contributed by atoms with Crippen molar-refractivity contribution in [3.63, 3.8) is 0 Å². The highest BCUT2D eigenvalue weighted by molar-refractivity contribution is 8.03. The van der Waals surface area contributed by atoms with Crippen LogP contribution in [0.15, 0.2) is 80.5 Å². The van der Waals surface area contributed by atoms with Gasteiger partial charge in [-0.3, -0.25) is 4.79 Å². The lowest BCUT2D eigenvalue weighted by atomic mass is 10.1. The molecule has 1 amide bonds. The number of hydrogen-bond donors (Lipinski definition) is 1. The maximum absolute atomic E-state index is 12.0. The van der Waals surface area contributed by atoms with E-state index in [-0.39, 0.29) is 17.4 Å². The van der Waals surface area contributed by atoms with E-state index >= 15 is 0 Å². The Morgan fingerprint density at radius 3 is 2.81 bits per heavy atom. The number of fused-ring (bicyclic) bond motifs is 1. The van der Waals surface area contributed by atoms with E-state index in [0.717, 1.165) is 14.4 Å². The number of benzene rings is 3. The molecule has 0 spiro atoms. The Morgan fingerprint density at radius 2 is 1.90 bits per heavy atom. The van der Waals surface area contributed by atoms with Gasteiger partial charge < -0.3 is 5.11 Å². The number of hydrazone groups is 1. The molecule has 0 bridgehead atoms. The molecule has 0 fully saturated rings. The van der Waals surface area contributed by atoms with Crippen LogP contribution in [0.25, 0.3) is 10.8 Å². The van der Waals surface area contributed by atoms with E-state index in [1.807, 2.05) is 6.07 Å². The van der Waals surface area contributed by atoms with Gasteiger partial charge in [0.25, 0.3) is 5.91 Å². The van der Waals surface area contributed by atoms with Gasteiger partial charge >= 0.3 is 4.34 Å². The first kappa shape index (κ1) is 21.4. The highest BCUT2D eigenvalue weighted by atomic mass is 32.2. The number of nitrogens with zero attached hydrogens (tertiary/aromatic N) is 2. The largest absolute Gasteiger partial charge is 0.872 e. The number of aromatic nitrogens is 2. The molecule has 0 saturated carbocycles. The number of thioether (sulfide) groups is 2. The number of aromatic amines is 1. The number of H-pyrrole nitrogens is 1. The smallest absolute Gasteiger partial charge is 0.323 e. The summed E-state index contributed by atoms with van der Waals surface area (Å²) in [4.78, 5) is 12.0. The lowest BCUT2D eigenvalue weighted by molar-refractivity contribution is -0.492. The number of hydrogen-bond acceptors (Lipinski definition) is 7. The predicted molar refractivity (Wildman–Crippen MR) is 125 cm³/mol. The van der Waals surface area contributed by atoms with Crippen LogP contribution in [0.3, 0.4) is 0 Å².